The zero-order valence-electron chi connectivity index (χ0n) is 12.4. The summed E-state index contributed by atoms with van der Waals surface area (Å²) in [4.78, 5) is 10.6. The fraction of sp³-hybridized carbons (Fsp3) is 0.294. The van der Waals surface area contributed by atoms with E-state index < -0.39 is 0 Å². The van der Waals surface area contributed by atoms with Crippen LogP contribution in [-0.2, 0) is 0 Å². The van der Waals surface area contributed by atoms with E-state index in [-0.39, 0.29) is 16.7 Å². The van der Waals surface area contributed by atoms with Gasteiger partial charge in [-0.2, -0.15) is 0 Å². The maximum absolute atomic E-state index is 10.9. The average molecular weight is 284 g/mol. The number of hydrogen-bond donors (Lipinski definition) is 1. The largest absolute Gasteiger partial charge is 0.378 e. The Morgan fingerprint density at radius 3 is 2.52 bits per heavy atom. The Kier molecular flexibility index (Phi) is 4.93. The molecule has 0 amide bonds. The predicted octanol–water partition coefficient (Wildman–Crippen LogP) is 4.86. The number of nitro benzene ring substituents is 1. The van der Waals surface area contributed by atoms with Gasteiger partial charge >= 0.3 is 0 Å². The molecular formula is C17H20N2O2. The zero-order chi connectivity index (χ0) is 15.2. The molecule has 0 spiro atoms. The zero-order valence-corrected chi connectivity index (χ0v) is 12.4. The van der Waals surface area contributed by atoms with Gasteiger partial charge in [-0.1, -0.05) is 43.2 Å². The van der Waals surface area contributed by atoms with Crippen LogP contribution < -0.4 is 5.32 Å². The Morgan fingerprint density at radius 2 is 1.90 bits per heavy atom. The lowest BCUT2D eigenvalue weighted by atomic mass is 10.0. The number of nitrogens with one attached hydrogen (secondary N) is 1. The lowest BCUT2D eigenvalue weighted by Gasteiger charge is -2.20. The van der Waals surface area contributed by atoms with Crippen LogP contribution in [0.2, 0.25) is 0 Å². The first-order valence-electron chi connectivity index (χ1n) is 7.17. The van der Waals surface area contributed by atoms with Crippen molar-refractivity contribution in [1.29, 1.82) is 0 Å². The van der Waals surface area contributed by atoms with Crippen LogP contribution in [0.4, 0.5) is 11.4 Å². The van der Waals surface area contributed by atoms with Gasteiger partial charge in [-0.3, -0.25) is 10.1 Å². The third-order valence-corrected chi connectivity index (χ3v) is 3.45. The Morgan fingerprint density at radius 1 is 1.19 bits per heavy atom. The summed E-state index contributed by atoms with van der Waals surface area (Å²) in [5, 5.41) is 14.4. The van der Waals surface area contributed by atoms with Gasteiger partial charge in [0, 0.05) is 17.8 Å². The van der Waals surface area contributed by atoms with E-state index in [4.69, 9.17) is 0 Å². The highest BCUT2D eigenvalue weighted by atomic mass is 16.6. The van der Waals surface area contributed by atoms with Crippen LogP contribution in [0.5, 0.6) is 0 Å². The highest BCUT2D eigenvalue weighted by Gasteiger charge is 2.14. The molecule has 0 aliphatic carbocycles. The molecule has 0 saturated heterocycles. The maximum Gasteiger partial charge on any atom is 0.269 e. The van der Waals surface area contributed by atoms with E-state index in [2.05, 4.69) is 24.4 Å². The highest BCUT2D eigenvalue weighted by Crippen LogP contribution is 2.26. The van der Waals surface area contributed by atoms with Crippen LogP contribution in [0, 0.1) is 17.0 Å². The topological polar surface area (TPSA) is 55.2 Å². The van der Waals surface area contributed by atoms with E-state index in [0.717, 1.165) is 24.1 Å². The fourth-order valence-corrected chi connectivity index (χ4v) is 2.32. The van der Waals surface area contributed by atoms with Crippen molar-refractivity contribution in [1.82, 2.24) is 0 Å². The van der Waals surface area contributed by atoms with Crippen LogP contribution in [-0.4, -0.2) is 4.92 Å². The number of rotatable bonds is 6. The van der Waals surface area contributed by atoms with Crippen LogP contribution in [0.15, 0.2) is 48.5 Å². The molecule has 2 aromatic carbocycles. The molecule has 0 radical (unpaired) electrons. The van der Waals surface area contributed by atoms with Gasteiger partial charge in [0.15, 0.2) is 0 Å². The number of hydrogen-bond acceptors (Lipinski definition) is 3. The van der Waals surface area contributed by atoms with Crippen molar-refractivity contribution in [3.8, 4) is 0 Å². The van der Waals surface area contributed by atoms with E-state index in [1.165, 1.54) is 11.6 Å². The van der Waals surface area contributed by atoms with Crippen molar-refractivity contribution in [2.45, 2.75) is 32.7 Å². The molecule has 1 unspecified atom stereocenters. The second kappa shape index (κ2) is 6.88. The molecule has 0 aromatic heterocycles. The summed E-state index contributed by atoms with van der Waals surface area (Å²) < 4.78 is 0. The van der Waals surface area contributed by atoms with E-state index in [0.29, 0.717) is 0 Å². The number of anilines is 1. The molecule has 1 N–H and O–H groups in total. The molecule has 110 valence electrons. The van der Waals surface area contributed by atoms with Gasteiger partial charge in [0.25, 0.3) is 5.69 Å². The van der Waals surface area contributed by atoms with Crippen molar-refractivity contribution in [2.75, 3.05) is 5.32 Å². The lowest BCUT2D eigenvalue weighted by Crippen LogP contribution is -2.10. The Balaban J connectivity index is 2.23. The lowest BCUT2D eigenvalue weighted by molar-refractivity contribution is -0.384. The molecule has 4 nitrogen and oxygen atoms in total. The SMILES string of the molecule is CCCC(Nc1ccc(C)cc1)c1cccc([N+](=O)[O-])c1. The molecule has 21 heavy (non-hydrogen) atoms. The minimum absolute atomic E-state index is 0.0811. The third kappa shape index (κ3) is 4.05. The van der Waals surface area contributed by atoms with Gasteiger partial charge < -0.3 is 5.32 Å². The molecule has 1 atom stereocenters. The maximum atomic E-state index is 10.9. The van der Waals surface area contributed by atoms with Crippen LogP contribution in [0.1, 0.15) is 36.9 Å². The highest BCUT2D eigenvalue weighted by molar-refractivity contribution is 5.47. The summed E-state index contributed by atoms with van der Waals surface area (Å²) in [5.74, 6) is 0. The van der Waals surface area contributed by atoms with E-state index in [1.807, 2.05) is 25.1 Å². The van der Waals surface area contributed by atoms with E-state index >= 15 is 0 Å². The Labute approximate surface area is 125 Å². The smallest absolute Gasteiger partial charge is 0.269 e. The third-order valence-electron chi connectivity index (χ3n) is 3.45. The quantitative estimate of drug-likeness (QED) is 0.609. The van der Waals surface area contributed by atoms with Crippen molar-refractivity contribution < 1.29 is 4.92 Å². The number of nitrogens with zero attached hydrogens (tertiary/aromatic N) is 1. The van der Waals surface area contributed by atoms with Gasteiger partial charge in [-0.05, 0) is 31.0 Å². The number of benzene rings is 2. The minimum atomic E-state index is -0.349. The predicted molar refractivity (Wildman–Crippen MR) is 85.5 cm³/mol. The Bertz CT molecular complexity index is 608. The van der Waals surface area contributed by atoms with Crippen molar-refractivity contribution in [3.63, 3.8) is 0 Å². The molecule has 0 bridgehead atoms. The molecule has 0 aliphatic rings. The van der Waals surface area contributed by atoms with Crippen molar-refractivity contribution in [3.05, 3.63) is 69.8 Å². The van der Waals surface area contributed by atoms with Crippen LogP contribution in [0.3, 0.4) is 0 Å². The van der Waals surface area contributed by atoms with Gasteiger partial charge in [-0.15, -0.1) is 0 Å². The average Bonchev–Trinajstić information content (AvgIpc) is 2.49. The summed E-state index contributed by atoms with van der Waals surface area (Å²) in [6, 6.07) is 15.1. The molecule has 0 saturated carbocycles. The van der Waals surface area contributed by atoms with Gasteiger partial charge in [0.2, 0.25) is 0 Å². The molecule has 0 aliphatic heterocycles. The van der Waals surface area contributed by atoms with Crippen molar-refractivity contribution >= 4 is 11.4 Å². The number of non-ortho nitro benzene ring substituents is 1. The molecular weight excluding hydrogens is 264 g/mol. The first-order valence-corrected chi connectivity index (χ1v) is 7.17. The summed E-state index contributed by atoms with van der Waals surface area (Å²) in [6.45, 7) is 4.16. The molecule has 2 rings (SSSR count). The molecule has 4 heteroatoms. The normalized spacial score (nSPS) is 11.9. The standard InChI is InChI=1S/C17H20N2O2/c1-3-5-17(18-15-10-8-13(2)9-11-15)14-6-4-7-16(12-14)19(20)21/h4,6-12,17-18H,3,5H2,1-2H3. The summed E-state index contributed by atoms with van der Waals surface area (Å²) in [6.07, 6.45) is 1.93. The fourth-order valence-electron chi connectivity index (χ4n) is 2.32. The summed E-state index contributed by atoms with van der Waals surface area (Å²) in [5.41, 5.74) is 3.33. The summed E-state index contributed by atoms with van der Waals surface area (Å²) >= 11 is 0. The van der Waals surface area contributed by atoms with Gasteiger partial charge in [-0.25, -0.2) is 0 Å². The summed E-state index contributed by atoms with van der Waals surface area (Å²) in [7, 11) is 0. The van der Waals surface area contributed by atoms with Crippen LogP contribution >= 0.6 is 0 Å². The molecule has 2 aromatic rings. The first-order chi connectivity index (χ1) is 10.1. The number of aryl methyl sites for hydroxylation is 1. The molecule has 0 heterocycles. The second-order valence-corrected chi connectivity index (χ2v) is 5.20. The number of nitro groups is 1. The minimum Gasteiger partial charge on any atom is -0.378 e. The second-order valence-electron chi connectivity index (χ2n) is 5.20. The van der Waals surface area contributed by atoms with Gasteiger partial charge in [0.05, 0.1) is 11.0 Å². The van der Waals surface area contributed by atoms with Crippen LogP contribution in [0.25, 0.3) is 0 Å². The van der Waals surface area contributed by atoms with Crippen molar-refractivity contribution in [2.24, 2.45) is 0 Å². The Hall–Kier alpha value is -2.36. The monoisotopic (exact) mass is 284 g/mol. The van der Waals surface area contributed by atoms with E-state index in [9.17, 15) is 10.1 Å². The molecule has 0 fully saturated rings. The van der Waals surface area contributed by atoms with E-state index in [1.54, 1.807) is 12.1 Å². The van der Waals surface area contributed by atoms with Gasteiger partial charge in [0.1, 0.15) is 0 Å². The first kappa shape index (κ1) is 15.0.